The maximum atomic E-state index is 6.66. The van der Waals surface area contributed by atoms with Crippen molar-refractivity contribution in [2.24, 2.45) is 0 Å². The third-order valence-corrected chi connectivity index (χ3v) is 6.47. The molecule has 4 nitrogen and oxygen atoms in total. The number of methoxy groups -OCH3 is 2. The molecule has 2 aliphatic rings. The minimum atomic E-state index is -0.699. The fraction of sp³-hybridized carbons (Fsp3) is 0.520. The van der Waals surface area contributed by atoms with Gasteiger partial charge in [0.2, 0.25) is 0 Å². The van der Waals surface area contributed by atoms with Crippen LogP contribution in [0.25, 0.3) is 0 Å². The van der Waals surface area contributed by atoms with Crippen LogP contribution in [-0.2, 0) is 10.8 Å². The summed E-state index contributed by atoms with van der Waals surface area (Å²) in [6, 6.07) is 8.41. The molecule has 0 aliphatic carbocycles. The van der Waals surface area contributed by atoms with Crippen LogP contribution in [0.3, 0.4) is 0 Å². The van der Waals surface area contributed by atoms with E-state index in [0.29, 0.717) is 0 Å². The number of ether oxygens (including phenoxy) is 4. The molecule has 0 saturated carbocycles. The average Bonchev–Trinajstić information content (AvgIpc) is 2.59. The number of hydrogen-bond donors (Lipinski definition) is 0. The van der Waals surface area contributed by atoms with E-state index in [2.05, 4.69) is 52.0 Å². The minimum Gasteiger partial charge on any atom is -0.496 e. The molecule has 2 aromatic carbocycles. The van der Waals surface area contributed by atoms with Crippen LogP contribution in [-0.4, -0.2) is 20.0 Å². The van der Waals surface area contributed by atoms with E-state index in [0.717, 1.165) is 47.0 Å². The van der Waals surface area contributed by atoms with Crippen molar-refractivity contribution in [3.63, 3.8) is 0 Å². The van der Waals surface area contributed by atoms with E-state index >= 15 is 0 Å². The SMILES string of the molecule is COc1cc2c(cc1C)OC1(CC2(C)C)CC(C)(C)c2cc(OC)c(C)cc2O1. The predicted molar refractivity (Wildman–Crippen MR) is 115 cm³/mol. The third-order valence-electron chi connectivity index (χ3n) is 6.47. The molecule has 156 valence electrons. The van der Waals surface area contributed by atoms with Gasteiger partial charge in [0.05, 0.1) is 14.2 Å². The molecule has 2 aliphatic heterocycles. The fourth-order valence-corrected chi connectivity index (χ4v) is 5.16. The Balaban J connectivity index is 1.82. The summed E-state index contributed by atoms with van der Waals surface area (Å²) in [7, 11) is 3.43. The highest BCUT2D eigenvalue weighted by Gasteiger charge is 2.53. The Bertz CT molecular complexity index is 892. The Hall–Kier alpha value is -2.36. The van der Waals surface area contributed by atoms with Crippen LogP contribution in [0.2, 0.25) is 0 Å². The second-order valence-electron chi connectivity index (χ2n) is 9.87. The Morgan fingerprint density at radius 3 is 1.41 bits per heavy atom. The zero-order valence-corrected chi connectivity index (χ0v) is 18.9. The summed E-state index contributed by atoms with van der Waals surface area (Å²) in [5.74, 6) is 2.88. The lowest BCUT2D eigenvalue weighted by Gasteiger charge is -2.51. The summed E-state index contributed by atoms with van der Waals surface area (Å²) in [6.45, 7) is 13.1. The molecule has 1 spiro atoms. The number of fused-ring (bicyclic) bond motifs is 2. The average molecular weight is 397 g/mol. The van der Waals surface area contributed by atoms with Gasteiger partial charge in [-0.25, -0.2) is 0 Å². The molecule has 0 radical (unpaired) electrons. The van der Waals surface area contributed by atoms with Crippen LogP contribution >= 0.6 is 0 Å². The van der Waals surface area contributed by atoms with Gasteiger partial charge in [-0.1, -0.05) is 27.7 Å². The summed E-state index contributed by atoms with van der Waals surface area (Å²) in [5, 5.41) is 0. The largest absolute Gasteiger partial charge is 0.496 e. The molecular weight excluding hydrogens is 364 g/mol. The summed E-state index contributed by atoms with van der Waals surface area (Å²) in [4.78, 5) is 0. The van der Waals surface area contributed by atoms with Crippen LogP contribution in [0.15, 0.2) is 24.3 Å². The number of benzene rings is 2. The molecule has 2 aromatic rings. The van der Waals surface area contributed by atoms with Crippen LogP contribution in [0.1, 0.15) is 62.8 Å². The molecule has 2 heterocycles. The maximum Gasteiger partial charge on any atom is 0.252 e. The minimum absolute atomic E-state index is 0.107. The standard InChI is InChI=1S/C25H32O4/c1-15-9-21-17(11-19(15)26-7)23(3,4)13-25(28-21)14-24(5,6)18-12-20(27-8)16(2)10-22(18)29-25/h9-12H,13-14H2,1-8H3. The van der Waals surface area contributed by atoms with E-state index in [4.69, 9.17) is 18.9 Å². The number of rotatable bonds is 2. The molecule has 0 fully saturated rings. The third kappa shape index (κ3) is 3.13. The molecule has 0 aromatic heterocycles. The second kappa shape index (κ2) is 6.32. The Kier molecular flexibility index (Phi) is 4.34. The van der Waals surface area contributed by atoms with Crippen molar-refractivity contribution in [1.82, 2.24) is 0 Å². The van der Waals surface area contributed by atoms with Crippen LogP contribution in [0, 0.1) is 13.8 Å². The van der Waals surface area contributed by atoms with Gasteiger partial charge >= 0.3 is 0 Å². The van der Waals surface area contributed by atoms with Crippen molar-refractivity contribution in [2.45, 2.75) is 71.0 Å². The molecule has 0 unspecified atom stereocenters. The molecule has 4 rings (SSSR count). The van der Waals surface area contributed by atoms with Gasteiger partial charge in [-0.3, -0.25) is 0 Å². The van der Waals surface area contributed by atoms with Crippen LogP contribution in [0.4, 0.5) is 0 Å². The number of hydrogen-bond acceptors (Lipinski definition) is 4. The molecular formula is C25H32O4. The van der Waals surface area contributed by atoms with Crippen molar-refractivity contribution in [3.8, 4) is 23.0 Å². The van der Waals surface area contributed by atoms with Crippen LogP contribution in [0.5, 0.6) is 23.0 Å². The van der Waals surface area contributed by atoms with Crippen molar-refractivity contribution in [1.29, 1.82) is 0 Å². The quantitative estimate of drug-likeness (QED) is 0.639. The highest BCUT2D eigenvalue weighted by molar-refractivity contribution is 5.53. The molecule has 4 heteroatoms. The van der Waals surface area contributed by atoms with Gasteiger partial charge in [0.15, 0.2) is 0 Å². The first kappa shape index (κ1) is 19.9. The smallest absolute Gasteiger partial charge is 0.252 e. The molecule has 0 atom stereocenters. The van der Waals surface area contributed by atoms with E-state index in [-0.39, 0.29) is 10.8 Å². The van der Waals surface area contributed by atoms with Gasteiger partial charge in [-0.15, -0.1) is 0 Å². The predicted octanol–water partition coefficient (Wildman–Crippen LogP) is 5.84. The van der Waals surface area contributed by atoms with E-state index in [1.54, 1.807) is 14.2 Å². The van der Waals surface area contributed by atoms with Gasteiger partial charge in [0.25, 0.3) is 5.79 Å². The summed E-state index contributed by atoms with van der Waals surface area (Å²) in [6.07, 6.45) is 1.54. The summed E-state index contributed by atoms with van der Waals surface area (Å²) in [5.41, 5.74) is 4.26. The zero-order chi connectivity index (χ0) is 21.2. The van der Waals surface area contributed by atoms with Gasteiger partial charge < -0.3 is 18.9 Å². The van der Waals surface area contributed by atoms with Gasteiger partial charge in [-0.05, 0) is 49.2 Å². The van der Waals surface area contributed by atoms with E-state index in [9.17, 15) is 0 Å². The van der Waals surface area contributed by atoms with Crippen molar-refractivity contribution >= 4 is 0 Å². The van der Waals surface area contributed by atoms with Crippen LogP contribution < -0.4 is 18.9 Å². The maximum absolute atomic E-state index is 6.66. The van der Waals surface area contributed by atoms with Crippen molar-refractivity contribution in [2.75, 3.05) is 14.2 Å². The second-order valence-corrected chi connectivity index (χ2v) is 9.87. The Labute approximate surface area is 174 Å². The molecule has 0 amide bonds. The highest BCUT2D eigenvalue weighted by Crippen LogP contribution is 2.55. The monoisotopic (exact) mass is 396 g/mol. The zero-order valence-electron chi connectivity index (χ0n) is 18.9. The van der Waals surface area contributed by atoms with E-state index in [1.807, 2.05) is 13.8 Å². The summed E-state index contributed by atoms with van der Waals surface area (Å²) < 4.78 is 24.4. The first-order chi connectivity index (χ1) is 13.5. The molecule has 0 bridgehead atoms. The highest BCUT2D eigenvalue weighted by atomic mass is 16.7. The molecule has 0 saturated heterocycles. The lowest BCUT2D eigenvalue weighted by Crippen LogP contribution is -2.55. The molecule has 29 heavy (non-hydrogen) atoms. The van der Waals surface area contributed by atoms with Gasteiger partial charge in [-0.2, -0.15) is 0 Å². The Morgan fingerprint density at radius 2 is 1.07 bits per heavy atom. The van der Waals surface area contributed by atoms with Crippen molar-refractivity contribution < 1.29 is 18.9 Å². The molecule has 0 N–H and O–H groups in total. The van der Waals surface area contributed by atoms with Gasteiger partial charge in [0, 0.05) is 34.8 Å². The first-order valence-electron chi connectivity index (χ1n) is 10.3. The lowest BCUT2D eigenvalue weighted by molar-refractivity contribution is -0.166. The summed E-state index contributed by atoms with van der Waals surface area (Å²) >= 11 is 0. The topological polar surface area (TPSA) is 36.9 Å². The first-order valence-corrected chi connectivity index (χ1v) is 10.3. The Morgan fingerprint density at radius 1 is 0.690 bits per heavy atom. The van der Waals surface area contributed by atoms with E-state index in [1.165, 1.54) is 11.1 Å². The van der Waals surface area contributed by atoms with Crippen molar-refractivity contribution in [3.05, 3.63) is 46.5 Å². The number of aryl methyl sites for hydroxylation is 2. The van der Waals surface area contributed by atoms with E-state index < -0.39 is 5.79 Å². The normalized spacial score (nSPS) is 20.1. The fourth-order valence-electron chi connectivity index (χ4n) is 5.16. The van der Waals surface area contributed by atoms with Gasteiger partial charge in [0.1, 0.15) is 23.0 Å². The lowest BCUT2D eigenvalue weighted by atomic mass is 9.69.